The number of hydrogen-bond donors (Lipinski definition) is 1. The van der Waals surface area contributed by atoms with Crippen molar-refractivity contribution in [1.29, 1.82) is 0 Å². The largest absolute Gasteiger partial charge is 0.333 e. The van der Waals surface area contributed by atoms with Gasteiger partial charge in [-0.2, -0.15) is 0 Å². The number of carbonyl (C=O) groups is 2. The number of anilines is 1. The van der Waals surface area contributed by atoms with Crippen LogP contribution in [0.3, 0.4) is 0 Å². The van der Waals surface area contributed by atoms with E-state index in [0.29, 0.717) is 35.0 Å². The topological polar surface area (TPSA) is 62.3 Å². The quantitative estimate of drug-likeness (QED) is 0.726. The van der Waals surface area contributed by atoms with Crippen molar-refractivity contribution in [3.05, 3.63) is 70.5 Å². The molecule has 0 aliphatic carbocycles. The second-order valence-corrected chi connectivity index (χ2v) is 7.64. The second-order valence-electron chi connectivity index (χ2n) is 6.61. The van der Waals surface area contributed by atoms with Gasteiger partial charge in [0.15, 0.2) is 0 Å². The highest BCUT2D eigenvalue weighted by atomic mass is 32.1. The number of fused-ring (bicyclic) bond motifs is 1. The minimum Gasteiger partial charge on any atom is -0.333 e. The Kier molecular flexibility index (Phi) is 4.92. The standard InChI is InChI=1S/C21H18FN3O2S/c1-13(26)24-18-8-4-5-14-12-25(10-9-15(14)18)21(27)19-11-23-20(28-19)16-6-2-3-7-17(16)22/h2-8,11H,9-10,12H2,1H3,(H,24,26). The second kappa shape index (κ2) is 7.52. The Hall–Kier alpha value is -3.06. The number of benzene rings is 2. The molecule has 7 heteroatoms. The summed E-state index contributed by atoms with van der Waals surface area (Å²) >= 11 is 1.20. The lowest BCUT2D eigenvalue weighted by Gasteiger charge is -2.29. The maximum Gasteiger partial charge on any atom is 0.265 e. The Labute approximate surface area is 165 Å². The van der Waals surface area contributed by atoms with Gasteiger partial charge in [0.05, 0.1) is 6.20 Å². The van der Waals surface area contributed by atoms with Gasteiger partial charge in [0.2, 0.25) is 5.91 Å². The summed E-state index contributed by atoms with van der Waals surface area (Å²) in [5, 5.41) is 3.34. The van der Waals surface area contributed by atoms with Crippen molar-refractivity contribution in [1.82, 2.24) is 9.88 Å². The lowest BCUT2D eigenvalue weighted by molar-refractivity contribution is -0.114. The first-order chi connectivity index (χ1) is 13.5. The third-order valence-electron chi connectivity index (χ3n) is 4.68. The van der Waals surface area contributed by atoms with Crippen LogP contribution in [0.15, 0.2) is 48.7 Å². The van der Waals surface area contributed by atoms with Gasteiger partial charge in [-0.3, -0.25) is 9.59 Å². The smallest absolute Gasteiger partial charge is 0.265 e. The molecule has 0 atom stereocenters. The van der Waals surface area contributed by atoms with Crippen LogP contribution in [0.25, 0.3) is 10.6 Å². The van der Waals surface area contributed by atoms with Gasteiger partial charge in [-0.15, -0.1) is 11.3 Å². The summed E-state index contributed by atoms with van der Waals surface area (Å²) in [6.45, 7) is 2.50. The van der Waals surface area contributed by atoms with Gasteiger partial charge in [-0.1, -0.05) is 24.3 Å². The summed E-state index contributed by atoms with van der Waals surface area (Å²) in [7, 11) is 0. The first-order valence-electron chi connectivity index (χ1n) is 8.91. The molecule has 2 aromatic carbocycles. The summed E-state index contributed by atoms with van der Waals surface area (Å²) < 4.78 is 14.0. The van der Waals surface area contributed by atoms with E-state index in [0.717, 1.165) is 16.8 Å². The van der Waals surface area contributed by atoms with E-state index in [1.54, 1.807) is 23.1 Å². The number of nitrogens with zero attached hydrogens (tertiary/aromatic N) is 2. The number of amides is 2. The fraction of sp³-hybridized carbons (Fsp3) is 0.190. The van der Waals surface area contributed by atoms with Crippen LogP contribution in [-0.4, -0.2) is 28.2 Å². The molecule has 1 aromatic heterocycles. The first-order valence-corrected chi connectivity index (χ1v) is 9.73. The van der Waals surface area contributed by atoms with Crippen LogP contribution in [0.2, 0.25) is 0 Å². The number of hydrogen-bond acceptors (Lipinski definition) is 4. The number of carbonyl (C=O) groups excluding carboxylic acids is 2. The SMILES string of the molecule is CC(=O)Nc1cccc2c1CCN(C(=O)c1cnc(-c3ccccc3F)s1)C2. The van der Waals surface area contributed by atoms with Gasteiger partial charge < -0.3 is 10.2 Å². The lowest BCUT2D eigenvalue weighted by Crippen LogP contribution is -2.36. The van der Waals surface area contributed by atoms with Crippen molar-refractivity contribution in [2.75, 3.05) is 11.9 Å². The average Bonchev–Trinajstić information content (AvgIpc) is 3.17. The molecule has 1 N–H and O–H groups in total. The number of halogens is 1. The molecular weight excluding hydrogens is 377 g/mol. The maximum atomic E-state index is 14.0. The van der Waals surface area contributed by atoms with E-state index in [1.165, 1.54) is 30.5 Å². The molecule has 0 unspecified atom stereocenters. The highest BCUT2D eigenvalue weighted by Gasteiger charge is 2.25. The Balaban J connectivity index is 1.55. The zero-order valence-electron chi connectivity index (χ0n) is 15.2. The number of thiazole rings is 1. The Morgan fingerprint density at radius 2 is 2.00 bits per heavy atom. The van der Waals surface area contributed by atoms with E-state index in [2.05, 4.69) is 10.3 Å². The van der Waals surface area contributed by atoms with Crippen molar-refractivity contribution >= 4 is 28.8 Å². The van der Waals surface area contributed by atoms with Gasteiger partial charge in [-0.05, 0) is 35.7 Å². The van der Waals surface area contributed by atoms with Crippen LogP contribution in [0.1, 0.15) is 27.7 Å². The Bertz CT molecular complexity index is 1060. The molecule has 142 valence electrons. The first kappa shape index (κ1) is 18.3. The Morgan fingerprint density at radius 3 is 2.79 bits per heavy atom. The third-order valence-corrected chi connectivity index (χ3v) is 5.70. The van der Waals surface area contributed by atoms with Crippen molar-refractivity contribution in [2.45, 2.75) is 19.9 Å². The third kappa shape index (κ3) is 3.53. The summed E-state index contributed by atoms with van der Waals surface area (Å²) in [6, 6.07) is 12.1. The molecule has 0 fully saturated rings. The molecule has 0 spiro atoms. The van der Waals surface area contributed by atoms with E-state index >= 15 is 0 Å². The minimum absolute atomic E-state index is 0.114. The maximum absolute atomic E-state index is 14.0. The summed E-state index contributed by atoms with van der Waals surface area (Å²) in [5.74, 6) is -0.582. The van der Waals surface area contributed by atoms with E-state index in [1.807, 2.05) is 18.2 Å². The molecule has 0 radical (unpaired) electrons. The average molecular weight is 395 g/mol. The van der Waals surface area contributed by atoms with E-state index in [-0.39, 0.29) is 17.6 Å². The molecule has 1 aliphatic heterocycles. The number of rotatable bonds is 3. The molecule has 3 aromatic rings. The molecule has 2 heterocycles. The highest BCUT2D eigenvalue weighted by molar-refractivity contribution is 7.16. The normalized spacial score (nSPS) is 13.1. The molecule has 4 rings (SSSR count). The fourth-order valence-electron chi connectivity index (χ4n) is 3.38. The van der Waals surface area contributed by atoms with Gasteiger partial charge in [0.1, 0.15) is 15.7 Å². The molecule has 2 amide bonds. The highest BCUT2D eigenvalue weighted by Crippen LogP contribution is 2.30. The van der Waals surface area contributed by atoms with Gasteiger partial charge in [0, 0.05) is 31.3 Å². The van der Waals surface area contributed by atoms with Crippen LogP contribution < -0.4 is 5.32 Å². The predicted molar refractivity (Wildman–Crippen MR) is 107 cm³/mol. The predicted octanol–water partition coefficient (Wildman–Crippen LogP) is 4.11. The van der Waals surface area contributed by atoms with E-state index in [4.69, 9.17) is 0 Å². The summed E-state index contributed by atoms with van der Waals surface area (Å²) in [4.78, 5) is 30.8. The van der Waals surface area contributed by atoms with Crippen LogP contribution in [0.5, 0.6) is 0 Å². The van der Waals surface area contributed by atoms with Crippen molar-refractivity contribution in [2.24, 2.45) is 0 Å². The molecular formula is C21H18FN3O2S. The van der Waals surface area contributed by atoms with Crippen LogP contribution in [0.4, 0.5) is 10.1 Å². The number of aromatic nitrogens is 1. The minimum atomic E-state index is -0.353. The van der Waals surface area contributed by atoms with Gasteiger partial charge in [0.25, 0.3) is 5.91 Å². The van der Waals surface area contributed by atoms with E-state index < -0.39 is 0 Å². The van der Waals surface area contributed by atoms with Gasteiger partial charge >= 0.3 is 0 Å². The summed E-state index contributed by atoms with van der Waals surface area (Å²) in [5.41, 5.74) is 3.29. The van der Waals surface area contributed by atoms with Crippen LogP contribution in [-0.2, 0) is 17.8 Å². The van der Waals surface area contributed by atoms with Gasteiger partial charge in [-0.25, -0.2) is 9.37 Å². The number of nitrogens with one attached hydrogen (secondary N) is 1. The molecule has 0 bridgehead atoms. The van der Waals surface area contributed by atoms with Crippen molar-refractivity contribution in [3.8, 4) is 10.6 Å². The lowest BCUT2D eigenvalue weighted by atomic mass is 9.97. The zero-order valence-corrected chi connectivity index (χ0v) is 16.1. The van der Waals surface area contributed by atoms with E-state index in [9.17, 15) is 14.0 Å². The molecule has 5 nitrogen and oxygen atoms in total. The van der Waals surface area contributed by atoms with Crippen LogP contribution >= 0.6 is 11.3 Å². The fourth-order valence-corrected chi connectivity index (χ4v) is 4.29. The molecule has 0 saturated heterocycles. The van der Waals surface area contributed by atoms with Crippen molar-refractivity contribution in [3.63, 3.8) is 0 Å². The molecule has 0 saturated carbocycles. The molecule has 1 aliphatic rings. The molecule has 28 heavy (non-hydrogen) atoms. The monoisotopic (exact) mass is 395 g/mol. The zero-order chi connectivity index (χ0) is 19.7. The summed E-state index contributed by atoms with van der Waals surface area (Å²) in [6.07, 6.45) is 2.18. The van der Waals surface area contributed by atoms with Crippen molar-refractivity contribution < 1.29 is 14.0 Å². The Morgan fingerprint density at radius 1 is 1.18 bits per heavy atom. The van der Waals surface area contributed by atoms with Crippen LogP contribution in [0, 0.1) is 5.82 Å².